The maximum atomic E-state index is 14.5. The van der Waals surface area contributed by atoms with Gasteiger partial charge in [-0.2, -0.15) is 5.26 Å². The number of hydrogen-bond donors (Lipinski definition) is 5. The largest absolute Gasteiger partial charge is 0.492 e. The SMILES string of the molecule is Cc1nc(-c2ccc(C(C)(C)C)cc2)ncc1C(=O)C[C@@H](CCN)C(=O)N[C@@H]1C(=O)C[C@@H](C)C(=O)N[C@H](C(=O)CCC#N)Cc2ccc(OCCN)c(c2)-c2cc1ccc2OCCN. The van der Waals surface area contributed by atoms with Crippen molar-refractivity contribution in [1.82, 2.24) is 20.6 Å². The number of fused-ring (bicyclic) bond motifs is 5. The summed E-state index contributed by atoms with van der Waals surface area (Å²) in [7, 11) is 0. The Morgan fingerprint density at radius 1 is 0.922 bits per heavy atom. The number of ketones is 3. The molecule has 0 saturated heterocycles. The molecule has 0 saturated carbocycles. The number of nitrogens with two attached hydrogens (primary N) is 3. The minimum Gasteiger partial charge on any atom is -0.492 e. The number of nitrogens with one attached hydrogen (secondary N) is 2. The van der Waals surface area contributed by atoms with E-state index in [2.05, 4.69) is 41.4 Å². The highest BCUT2D eigenvalue weighted by molar-refractivity contribution is 6.00. The number of carbonyl (C=O) groups excluding carboxylic acids is 5. The predicted octanol–water partition coefficient (Wildman–Crippen LogP) is 5.00. The Hall–Kier alpha value is -6.34. The second-order valence-electron chi connectivity index (χ2n) is 17.2. The molecule has 0 spiro atoms. The molecule has 0 radical (unpaired) electrons. The zero-order valence-corrected chi connectivity index (χ0v) is 37.4. The molecule has 1 aromatic heterocycles. The van der Waals surface area contributed by atoms with Gasteiger partial charge in [-0.3, -0.25) is 24.0 Å². The molecular weight excluding hydrogens is 813 g/mol. The zero-order valence-electron chi connectivity index (χ0n) is 37.4. The molecule has 3 aromatic carbocycles. The summed E-state index contributed by atoms with van der Waals surface area (Å²) in [6.07, 6.45) is 1.04. The van der Waals surface area contributed by atoms with Gasteiger partial charge in [-0.25, -0.2) is 9.97 Å². The van der Waals surface area contributed by atoms with E-state index in [0.717, 1.165) is 11.1 Å². The number of amides is 2. The molecule has 5 rings (SSSR count). The summed E-state index contributed by atoms with van der Waals surface area (Å²) in [5.74, 6) is -2.89. The van der Waals surface area contributed by atoms with Gasteiger partial charge in [-0.15, -0.1) is 0 Å². The minimum absolute atomic E-state index is 0.0256. The molecule has 2 heterocycles. The third-order valence-corrected chi connectivity index (χ3v) is 11.2. The first-order valence-corrected chi connectivity index (χ1v) is 21.7. The Kier molecular flexibility index (Phi) is 17.0. The number of Topliss-reactive ketones (excluding diaryl/α,β-unsaturated/α-hetero) is 3. The van der Waals surface area contributed by atoms with E-state index in [-0.39, 0.29) is 93.9 Å². The molecule has 64 heavy (non-hydrogen) atoms. The fourth-order valence-corrected chi connectivity index (χ4v) is 7.57. The summed E-state index contributed by atoms with van der Waals surface area (Å²) in [6.45, 7) is 10.5. The lowest BCUT2D eigenvalue weighted by molar-refractivity contribution is -0.134. The number of nitrogens with zero attached hydrogens (tertiary/aromatic N) is 3. The van der Waals surface area contributed by atoms with Crippen LogP contribution in [0.15, 0.2) is 66.9 Å². The fourth-order valence-electron chi connectivity index (χ4n) is 7.57. The molecule has 0 aliphatic carbocycles. The molecule has 2 amide bonds. The van der Waals surface area contributed by atoms with E-state index >= 15 is 0 Å². The van der Waals surface area contributed by atoms with E-state index in [1.54, 1.807) is 44.2 Å². The summed E-state index contributed by atoms with van der Waals surface area (Å²) >= 11 is 0. The van der Waals surface area contributed by atoms with Gasteiger partial charge in [0.25, 0.3) is 0 Å². The van der Waals surface area contributed by atoms with E-state index in [9.17, 15) is 29.2 Å². The highest BCUT2D eigenvalue weighted by Crippen LogP contribution is 2.40. The van der Waals surface area contributed by atoms with Crippen molar-refractivity contribution in [2.75, 3.05) is 32.8 Å². The van der Waals surface area contributed by atoms with Crippen molar-refractivity contribution in [3.05, 3.63) is 94.8 Å². The Morgan fingerprint density at radius 2 is 1.58 bits per heavy atom. The van der Waals surface area contributed by atoms with E-state index < -0.39 is 41.5 Å². The van der Waals surface area contributed by atoms with Gasteiger partial charge in [0.15, 0.2) is 23.2 Å². The lowest BCUT2D eigenvalue weighted by Gasteiger charge is -2.26. The maximum absolute atomic E-state index is 14.5. The van der Waals surface area contributed by atoms with E-state index in [0.29, 0.717) is 45.3 Å². The number of aromatic nitrogens is 2. The second-order valence-corrected chi connectivity index (χ2v) is 17.2. The van der Waals surface area contributed by atoms with Crippen molar-refractivity contribution in [2.24, 2.45) is 29.0 Å². The lowest BCUT2D eigenvalue weighted by atomic mass is 9.86. The maximum Gasteiger partial charge on any atom is 0.224 e. The van der Waals surface area contributed by atoms with Crippen LogP contribution in [0.2, 0.25) is 0 Å². The van der Waals surface area contributed by atoms with Gasteiger partial charge >= 0.3 is 0 Å². The van der Waals surface area contributed by atoms with Crippen molar-refractivity contribution in [2.45, 2.75) is 90.6 Å². The summed E-state index contributed by atoms with van der Waals surface area (Å²) in [5, 5.41) is 14.9. The smallest absolute Gasteiger partial charge is 0.224 e. The number of benzene rings is 3. The Labute approximate surface area is 374 Å². The van der Waals surface area contributed by atoms with Crippen LogP contribution in [0.4, 0.5) is 0 Å². The highest BCUT2D eigenvalue weighted by atomic mass is 16.5. The van der Waals surface area contributed by atoms with Crippen LogP contribution < -0.4 is 37.3 Å². The van der Waals surface area contributed by atoms with Gasteiger partial charge in [0.2, 0.25) is 11.8 Å². The van der Waals surface area contributed by atoms with Crippen LogP contribution in [0.5, 0.6) is 11.5 Å². The van der Waals surface area contributed by atoms with Gasteiger partial charge < -0.3 is 37.3 Å². The van der Waals surface area contributed by atoms with E-state index in [4.69, 9.17) is 26.7 Å². The lowest BCUT2D eigenvalue weighted by Crippen LogP contribution is -2.45. The average molecular weight is 873 g/mol. The Balaban J connectivity index is 1.52. The van der Waals surface area contributed by atoms with Crippen LogP contribution in [0, 0.1) is 30.1 Å². The molecule has 338 valence electrons. The van der Waals surface area contributed by atoms with Crippen molar-refractivity contribution in [3.63, 3.8) is 0 Å². The van der Waals surface area contributed by atoms with Crippen molar-refractivity contribution < 1.29 is 33.4 Å². The molecule has 1 aliphatic heterocycles. The molecule has 8 N–H and O–H groups in total. The first-order chi connectivity index (χ1) is 30.6. The summed E-state index contributed by atoms with van der Waals surface area (Å²) < 4.78 is 12.2. The normalized spacial score (nSPS) is 17.0. The topological polar surface area (TPSA) is 255 Å². The molecule has 15 heteroatoms. The van der Waals surface area contributed by atoms with Gasteiger partial charge in [0.05, 0.1) is 23.4 Å². The van der Waals surface area contributed by atoms with Gasteiger partial charge in [-0.1, -0.05) is 64.1 Å². The monoisotopic (exact) mass is 872 g/mol. The average Bonchev–Trinajstić information content (AvgIpc) is 3.27. The van der Waals surface area contributed by atoms with Crippen LogP contribution in [-0.2, 0) is 31.0 Å². The number of hydrogen-bond acceptors (Lipinski definition) is 13. The molecule has 0 fully saturated rings. The second kappa shape index (κ2) is 22.3. The molecule has 0 unspecified atom stereocenters. The molecular formula is C49H60N8O7. The predicted molar refractivity (Wildman–Crippen MR) is 243 cm³/mol. The standard InChI is InChI=1S/C49H60N8O7/c1-29-23-42(60)45(57-48(62)34(16-18-51)27-41(59)38-28-54-46(55-30(38)2)32-9-12-35(13-10-32)49(3,4)5)33-11-15-44(64-22-20-53)37(26-33)36-24-31(8-14-43(36)63-21-19-52)25-39(56-47(29)61)40(58)7-6-17-50/h8-15,24,26,28-29,34,39,45H,6-7,16,18-23,25,27,51-53H2,1-5H3,(H,56,61)(H,57,62)/t29-,34-,39+,45+/m1/s1. The van der Waals surface area contributed by atoms with E-state index in [1.165, 1.54) is 6.20 Å². The number of rotatable bonds is 17. The van der Waals surface area contributed by atoms with E-state index in [1.807, 2.05) is 36.4 Å². The van der Waals surface area contributed by atoms with Crippen LogP contribution in [0.25, 0.3) is 22.5 Å². The highest BCUT2D eigenvalue weighted by Gasteiger charge is 2.33. The zero-order chi connectivity index (χ0) is 46.6. The number of nitriles is 1. The molecule has 4 atom stereocenters. The third kappa shape index (κ3) is 12.4. The first kappa shape index (κ1) is 48.7. The van der Waals surface area contributed by atoms with Gasteiger partial charge in [0.1, 0.15) is 30.8 Å². The molecule has 4 bridgehead atoms. The van der Waals surface area contributed by atoms with Crippen molar-refractivity contribution in [3.8, 4) is 40.1 Å². The third-order valence-electron chi connectivity index (χ3n) is 11.2. The summed E-state index contributed by atoms with van der Waals surface area (Å²) in [4.78, 5) is 79.0. The quantitative estimate of drug-likeness (QED) is 0.0878. The first-order valence-electron chi connectivity index (χ1n) is 21.7. The summed E-state index contributed by atoms with van der Waals surface area (Å²) in [5.41, 5.74) is 22.4. The number of aryl methyl sites for hydroxylation is 1. The van der Waals surface area contributed by atoms with Crippen LogP contribution in [0.1, 0.15) is 98.6 Å². The van der Waals surface area contributed by atoms with Crippen LogP contribution in [-0.4, -0.2) is 78.0 Å². The summed E-state index contributed by atoms with van der Waals surface area (Å²) in [6, 6.07) is 18.0. The van der Waals surface area contributed by atoms with Gasteiger partial charge in [-0.05, 0) is 72.7 Å². The molecule has 15 nitrogen and oxygen atoms in total. The Morgan fingerprint density at radius 3 is 2.19 bits per heavy atom. The van der Waals surface area contributed by atoms with Crippen molar-refractivity contribution >= 4 is 29.2 Å². The minimum atomic E-state index is -1.29. The molecule has 1 aliphatic rings. The van der Waals surface area contributed by atoms with Crippen LogP contribution >= 0.6 is 0 Å². The Bertz CT molecular complexity index is 2370. The number of carbonyl (C=O) groups is 5. The molecule has 4 aromatic rings. The fraction of sp³-hybridized carbons (Fsp3) is 0.429. The van der Waals surface area contributed by atoms with Crippen molar-refractivity contribution in [1.29, 1.82) is 5.26 Å². The van der Waals surface area contributed by atoms with Gasteiger partial charge in [0, 0.05) is 73.5 Å². The van der Waals surface area contributed by atoms with Crippen LogP contribution in [0.3, 0.4) is 0 Å². The number of ether oxygens (including phenoxy) is 2.